The second-order valence-corrected chi connectivity index (χ2v) is 4.20. The van der Waals surface area contributed by atoms with Gasteiger partial charge in [-0.15, -0.1) is 5.10 Å². The highest BCUT2D eigenvalue weighted by molar-refractivity contribution is 7.71. The Morgan fingerprint density at radius 2 is 2.12 bits per heavy atom. The van der Waals surface area contributed by atoms with E-state index in [-0.39, 0.29) is 0 Å². The molecule has 0 spiro atoms. The molecule has 2 rings (SSSR count). The molecule has 1 aromatic heterocycles. The van der Waals surface area contributed by atoms with Crippen molar-refractivity contribution in [3.05, 3.63) is 40.7 Å². The van der Waals surface area contributed by atoms with Gasteiger partial charge in [-0.3, -0.25) is 4.57 Å². The minimum absolute atomic E-state index is 0.354. The third kappa shape index (κ3) is 2.14. The Bertz CT molecular complexity index is 514. The molecule has 0 amide bonds. The molecule has 0 radical (unpaired) electrons. The van der Waals surface area contributed by atoms with Crippen LogP contribution in [0.5, 0.6) is 0 Å². The average Bonchev–Trinajstić information content (AvgIpc) is 2.62. The van der Waals surface area contributed by atoms with E-state index in [2.05, 4.69) is 29.3 Å². The van der Waals surface area contributed by atoms with E-state index < -0.39 is 0 Å². The molecule has 1 aromatic carbocycles. The molecule has 0 saturated heterocycles. The van der Waals surface area contributed by atoms with Crippen LogP contribution in [0.25, 0.3) is 0 Å². The fraction of sp³-hybridized carbons (Fsp3) is 0.273. The first-order chi connectivity index (χ1) is 7.68. The number of rotatable bonds is 3. The van der Waals surface area contributed by atoms with Crippen LogP contribution in [0.15, 0.2) is 30.3 Å². The number of hydrogen-bond acceptors (Lipinski definition) is 3. The third-order valence-electron chi connectivity index (χ3n) is 2.61. The largest absolute Gasteiger partial charge is 0.368 e. The Morgan fingerprint density at radius 3 is 2.69 bits per heavy atom. The summed E-state index contributed by atoms with van der Waals surface area (Å²) >= 11 is 5.11. The summed E-state index contributed by atoms with van der Waals surface area (Å²) in [6, 6.07) is 10.3. The zero-order valence-electron chi connectivity index (χ0n) is 9.05. The van der Waals surface area contributed by atoms with Gasteiger partial charge >= 0.3 is 0 Å². The zero-order valence-corrected chi connectivity index (χ0v) is 9.87. The van der Waals surface area contributed by atoms with Gasteiger partial charge in [0.2, 0.25) is 5.95 Å². The number of aromatic amines is 1. The van der Waals surface area contributed by atoms with E-state index in [1.807, 2.05) is 22.8 Å². The minimum Gasteiger partial charge on any atom is -0.368 e. The SMILES string of the molecule is CC(Cn1c(N)n[nH]c1=S)c1ccccc1. The van der Waals surface area contributed by atoms with Crippen LogP contribution in [0, 0.1) is 4.77 Å². The molecule has 4 nitrogen and oxygen atoms in total. The van der Waals surface area contributed by atoms with Gasteiger partial charge in [0.15, 0.2) is 4.77 Å². The first kappa shape index (κ1) is 10.9. The number of hydrogen-bond donors (Lipinski definition) is 2. The van der Waals surface area contributed by atoms with Gasteiger partial charge in [-0.1, -0.05) is 37.3 Å². The Hall–Kier alpha value is -1.62. The molecule has 84 valence electrons. The quantitative estimate of drug-likeness (QED) is 0.801. The van der Waals surface area contributed by atoms with Crippen molar-refractivity contribution < 1.29 is 0 Å². The topological polar surface area (TPSA) is 59.6 Å². The molecular weight excluding hydrogens is 220 g/mol. The molecular formula is C11H14N4S. The number of nitrogens with zero attached hydrogens (tertiary/aromatic N) is 2. The van der Waals surface area contributed by atoms with Gasteiger partial charge in [0.05, 0.1) is 0 Å². The van der Waals surface area contributed by atoms with E-state index in [9.17, 15) is 0 Å². The molecule has 2 aromatic rings. The Labute approximate surface area is 99.1 Å². The molecule has 5 heteroatoms. The lowest BCUT2D eigenvalue weighted by atomic mass is 10.0. The number of anilines is 1. The first-order valence-corrected chi connectivity index (χ1v) is 5.55. The Balaban J connectivity index is 2.20. The molecule has 0 aliphatic rings. The molecule has 0 aliphatic heterocycles. The second kappa shape index (κ2) is 4.49. The molecule has 0 fully saturated rings. The van der Waals surface area contributed by atoms with Crippen molar-refractivity contribution in [2.24, 2.45) is 0 Å². The van der Waals surface area contributed by atoms with E-state index in [0.717, 1.165) is 6.54 Å². The van der Waals surface area contributed by atoms with Crippen LogP contribution in [-0.4, -0.2) is 14.8 Å². The molecule has 16 heavy (non-hydrogen) atoms. The molecule has 1 unspecified atom stereocenters. The lowest BCUT2D eigenvalue weighted by Gasteiger charge is -2.12. The summed E-state index contributed by atoms with van der Waals surface area (Å²) in [6.07, 6.45) is 0. The molecule has 1 heterocycles. The smallest absolute Gasteiger partial charge is 0.220 e. The maximum atomic E-state index is 5.72. The number of benzene rings is 1. The number of nitrogens with two attached hydrogens (primary N) is 1. The lowest BCUT2D eigenvalue weighted by Crippen LogP contribution is -2.09. The normalized spacial score (nSPS) is 12.6. The summed E-state index contributed by atoms with van der Waals surface area (Å²) in [5.74, 6) is 0.792. The Kier molecular flexibility index (Phi) is 3.05. The van der Waals surface area contributed by atoms with Crippen molar-refractivity contribution in [1.82, 2.24) is 14.8 Å². The van der Waals surface area contributed by atoms with E-state index in [4.69, 9.17) is 18.0 Å². The predicted molar refractivity (Wildman–Crippen MR) is 66.7 cm³/mol. The van der Waals surface area contributed by atoms with Gasteiger partial charge in [-0.05, 0) is 23.7 Å². The van der Waals surface area contributed by atoms with Crippen LogP contribution in [0.1, 0.15) is 18.4 Å². The molecule has 0 bridgehead atoms. The fourth-order valence-corrected chi connectivity index (χ4v) is 1.88. The van der Waals surface area contributed by atoms with Gasteiger partial charge in [0, 0.05) is 6.54 Å². The molecule has 3 N–H and O–H groups in total. The highest BCUT2D eigenvalue weighted by Gasteiger charge is 2.09. The highest BCUT2D eigenvalue weighted by atomic mass is 32.1. The zero-order chi connectivity index (χ0) is 11.5. The van der Waals surface area contributed by atoms with Gasteiger partial charge in [0.25, 0.3) is 0 Å². The number of nitrogen functional groups attached to an aromatic ring is 1. The van der Waals surface area contributed by atoms with Crippen LogP contribution >= 0.6 is 12.2 Å². The lowest BCUT2D eigenvalue weighted by molar-refractivity contribution is 0.596. The fourth-order valence-electron chi connectivity index (χ4n) is 1.67. The summed E-state index contributed by atoms with van der Waals surface area (Å²) in [5, 5.41) is 6.57. The van der Waals surface area contributed by atoms with Crippen LogP contribution < -0.4 is 5.73 Å². The summed E-state index contributed by atoms with van der Waals surface area (Å²) in [7, 11) is 0. The van der Waals surface area contributed by atoms with Gasteiger partial charge in [0.1, 0.15) is 0 Å². The van der Waals surface area contributed by atoms with Crippen molar-refractivity contribution in [3.63, 3.8) is 0 Å². The van der Waals surface area contributed by atoms with Gasteiger partial charge < -0.3 is 5.73 Å². The summed E-state index contributed by atoms with van der Waals surface area (Å²) < 4.78 is 2.38. The van der Waals surface area contributed by atoms with Crippen LogP contribution in [-0.2, 0) is 6.54 Å². The second-order valence-electron chi connectivity index (χ2n) is 3.81. The monoisotopic (exact) mass is 234 g/mol. The predicted octanol–water partition coefficient (Wildman–Crippen LogP) is 2.33. The van der Waals surface area contributed by atoms with E-state index in [1.54, 1.807) is 0 Å². The van der Waals surface area contributed by atoms with Crippen molar-refractivity contribution in [3.8, 4) is 0 Å². The first-order valence-electron chi connectivity index (χ1n) is 5.14. The van der Waals surface area contributed by atoms with Crippen molar-refractivity contribution >= 4 is 18.2 Å². The maximum absolute atomic E-state index is 5.72. The Morgan fingerprint density at radius 1 is 1.44 bits per heavy atom. The van der Waals surface area contributed by atoms with Crippen molar-refractivity contribution in [1.29, 1.82) is 0 Å². The minimum atomic E-state index is 0.354. The highest BCUT2D eigenvalue weighted by Crippen LogP contribution is 2.17. The molecule has 0 saturated carbocycles. The molecule has 1 atom stereocenters. The van der Waals surface area contributed by atoms with Crippen LogP contribution in [0.2, 0.25) is 0 Å². The average molecular weight is 234 g/mol. The van der Waals surface area contributed by atoms with Gasteiger partial charge in [-0.2, -0.15) is 0 Å². The maximum Gasteiger partial charge on any atom is 0.220 e. The van der Waals surface area contributed by atoms with Crippen molar-refractivity contribution in [2.75, 3.05) is 5.73 Å². The van der Waals surface area contributed by atoms with Gasteiger partial charge in [-0.25, -0.2) is 5.10 Å². The third-order valence-corrected chi connectivity index (χ3v) is 2.92. The van der Waals surface area contributed by atoms with E-state index in [0.29, 0.717) is 16.6 Å². The number of aromatic nitrogens is 3. The van der Waals surface area contributed by atoms with E-state index >= 15 is 0 Å². The van der Waals surface area contributed by atoms with E-state index in [1.165, 1.54) is 5.56 Å². The molecule has 0 aliphatic carbocycles. The summed E-state index contributed by atoms with van der Waals surface area (Å²) in [6.45, 7) is 2.88. The van der Waals surface area contributed by atoms with Crippen LogP contribution in [0.4, 0.5) is 5.95 Å². The standard InChI is InChI=1S/C11H14N4S/c1-8(9-5-3-2-4-6-9)7-15-10(12)13-14-11(15)16/h2-6,8H,7H2,1H3,(H2,12,13)(H,14,16). The number of H-pyrrole nitrogens is 1. The van der Waals surface area contributed by atoms with Crippen molar-refractivity contribution in [2.45, 2.75) is 19.4 Å². The number of nitrogens with one attached hydrogen (secondary N) is 1. The summed E-state index contributed by atoms with van der Waals surface area (Å²) in [4.78, 5) is 0. The van der Waals surface area contributed by atoms with Crippen LogP contribution in [0.3, 0.4) is 0 Å². The summed E-state index contributed by atoms with van der Waals surface area (Å²) in [5.41, 5.74) is 6.99.